The number of nitriles is 1. The molecule has 38 heavy (non-hydrogen) atoms. The van der Waals surface area contributed by atoms with Crippen LogP contribution in [0.15, 0.2) is 54.7 Å². The molecule has 10 heteroatoms. The van der Waals surface area contributed by atoms with E-state index < -0.39 is 29.8 Å². The molecule has 1 aliphatic carbocycles. The Balaban J connectivity index is 1.55. The summed E-state index contributed by atoms with van der Waals surface area (Å²) in [4.78, 5) is 42.2. The highest BCUT2D eigenvalue weighted by Crippen LogP contribution is 2.47. The maximum Gasteiger partial charge on any atom is 0.343 e. The van der Waals surface area contributed by atoms with Gasteiger partial charge in [0.25, 0.3) is 0 Å². The molecule has 194 valence electrons. The Morgan fingerprint density at radius 1 is 1.16 bits per heavy atom. The molecule has 2 aromatic carbocycles. The number of nitrogens with one attached hydrogen (secondary N) is 3. The summed E-state index contributed by atoms with van der Waals surface area (Å²) >= 11 is 0. The maximum absolute atomic E-state index is 15.2. The first-order chi connectivity index (χ1) is 18.3. The van der Waals surface area contributed by atoms with Crippen LogP contribution in [0.2, 0.25) is 0 Å². The van der Waals surface area contributed by atoms with E-state index in [-0.39, 0.29) is 40.5 Å². The van der Waals surface area contributed by atoms with Gasteiger partial charge in [0.2, 0.25) is 0 Å². The van der Waals surface area contributed by atoms with Crippen LogP contribution in [0, 0.1) is 17.1 Å². The number of hydrogen-bond acceptors (Lipinski definition) is 7. The van der Waals surface area contributed by atoms with Gasteiger partial charge in [0, 0.05) is 42.4 Å². The normalized spacial score (nSPS) is 15.6. The number of esters is 1. The van der Waals surface area contributed by atoms with Crippen LogP contribution < -0.4 is 20.7 Å². The lowest BCUT2D eigenvalue weighted by Crippen LogP contribution is -2.31. The first kappa shape index (κ1) is 26.3. The van der Waals surface area contributed by atoms with Crippen LogP contribution >= 0.6 is 0 Å². The Hall–Kier alpha value is -4.78. The largest absolute Gasteiger partial charge is 0.422 e. The van der Waals surface area contributed by atoms with Crippen molar-refractivity contribution in [3.05, 3.63) is 82.8 Å². The van der Waals surface area contributed by atoms with Crippen molar-refractivity contribution >= 4 is 29.3 Å². The molecule has 2 atom stereocenters. The average molecular weight is 516 g/mol. The van der Waals surface area contributed by atoms with E-state index in [1.54, 1.807) is 31.2 Å². The van der Waals surface area contributed by atoms with E-state index in [0.717, 1.165) is 5.69 Å². The number of rotatable bonds is 9. The second-order valence-corrected chi connectivity index (χ2v) is 8.71. The van der Waals surface area contributed by atoms with Gasteiger partial charge >= 0.3 is 12.0 Å². The number of ketones is 1. The van der Waals surface area contributed by atoms with E-state index in [1.165, 1.54) is 30.5 Å². The highest BCUT2D eigenvalue weighted by atomic mass is 19.1. The summed E-state index contributed by atoms with van der Waals surface area (Å²) < 4.78 is 20.8. The van der Waals surface area contributed by atoms with Crippen LogP contribution in [-0.2, 0) is 0 Å². The van der Waals surface area contributed by atoms with Crippen molar-refractivity contribution in [1.29, 1.82) is 5.26 Å². The van der Waals surface area contributed by atoms with Crippen molar-refractivity contribution in [3.63, 3.8) is 0 Å². The molecule has 0 spiro atoms. The van der Waals surface area contributed by atoms with Gasteiger partial charge in [-0.2, -0.15) is 5.26 Å². The number of anilines is 2. The van der Waals surface area contributed by atoms with Crippen molar-refractivity contribution in [2.24, 2.45) is 0 Å². The van der Waals surface area contributed by atoms with Gasteiger partial charge in [-0.15, -0.1) is 0 Å². The number of carbonyl (C=O) groups is 3. The fourth-order valence-electron chi connectivity index (χ4n) is 4.08. The summed E-state index contributed by atoms with van der Waals surface area (Å²) in [6.45, 7) is 4.25. The van der Waals surface area contributed by atoms with E-state index in [0.29, 0.717) is 18.5 Å². The first-order valence-corrected chi connectivity index (χ1v) is 12.2. The molecule has 0 unspecified atom stereocenters. The molecule has 0 saturated heterocycles. The van der Waals surface area contributed by atoms with E-state index >= 15 is 4.39 Å². The van der Waals surface area contributed by atoms with Crippen LogP contribution in [-0.4, -0.2) is 35.4 Å². The minimum Gasteiger partial charge on any atom is -0.422 e. The zero-order chi connectivity index (χ0) is 27.2. The number of urea groups is 1. The summed E-state index contributed by atoms with van der Waals surface area (Å²) in [6.07, 6.45) is 1.85. The van der Waals surface area contributed by atoms with Crippen molar-refractivity contribution in [3.8, 4) is 11.8 Å². The van der Waals surface area contributed by atoms with Crippen molar-refractivity contribution in [1.82, 2.24) is 10.3 Å². The predicted molar refractivity (Wildman–Crippen MR) is 139 cm³/mol. The van der Waals surface area contributed by atoms with Gasteiger partial charge in [0.1, 0.15) is 23.5 Å². The molecule has 1 heterocycles. The van der Waals surface area contributed by atoms with E-state index in [1.807, 2.05) is 13.0 Å². The number of ether oxygens (including phenoxy) is 1. The summed E-state index contributed by atoms with van der Waals surface area (Å²) in [5, 5.41) is 17.3. The van der Waals surface area contributed by atoms with E-state index in [9.17, 15) is 14.4 Å². The van der Waals surface area contributed by atoms with Gasteiger partial charge in [-0.1, -0.05) is 13.0 Å². The quantitative estimate of drug-likeness (QED) is 0.207. The second kappa shape index (κ2) is 11.5. The number of aromatic nitrogens is 1. The molecular weight excluding hydrogens is 489 g/mol. The molecule has 0 radical (unpaired) electrons. The molecule has 3 N–H and O–H groups in total. The minimum atomic E-state index is -0.725. The smallest absolute Gasteiger partial charge is 0.343 e. The summed E-state index contributed by atoms with van der Waals surface area (Å²) in [5.74, 6) is -2.05. The number of halogens is 1. The number of pyridine rings is 1. The molecule has 1 aliphatic rings. The zero-order valence-electron chi connectivity index (χ0n) is 20.9. The third-order valence-electron chi connectivity index (χ3n) is 6.05. The Morgan fingerprint density at radius 3 is 2.66 bits per heavy atom. The lowest BCUT2D eigenvalue weighted by Gasteiger charge is -2.16. The standard InChI is InChI=1S/C28H26FN5O4/c1-3-23(35)19-9-10-21(29)25(26(19)38-27(36)17-6-5-7-18(12-17)31-4-2)20-13-22(20)33-28(37)34-24-11-8-16(14-30)15-32-24/h5-12,15,20,22,31H,3-4,13H2,1-2H3,(H2,32,33,34,37)/t20-,22+/m0/s1. The summed E-state index contributed by atoms with van der Waals surface area (Å²) in [5.41, 5.74) is 1.50. The van der Waals surface area contributed by atoms with Crippen molar-refractivity contribution < 1.29 is 23.5 Å². The van der Waals surface area contributed by atoms with Gasteiger partial charge in [-0.05, 0) is 55.8 Å². The third-order valence-corrected chi connectivity index (χ3v) is 6.05. The van der Waals surface area contributed by atoms with Crippen LogP contribution in [0.3, 0.4) is 0 Å². The van der Waals surface area contributed by atoms with Gasteiger partial charge < -0.3 is 15.4 Å². The molecule has 9 nitrogen and oxygen atoms in total. The van der Waals surface area contributed by atoms with E-state index in [4.69, 9.17) is 10.00 Å². The number of Topliss-reactive ketones (excluding diaryl/α,β-unsaturated/α-hetero) is 1. The molecule has 1 aromatic heterocycles. The van der Waals surface area contributed by atoms with Gasteiger partial charge in [-0.25, -0.2) is 19.0 Å². The first-order valence-electron chi connectivity index (χ1n) is 12.2. The Bertz CT molecular complexity index is 1420. The molecule has 0 bridgehead atoms. The maximum atomic E-state index is 15.2. The van der Waals surface area contributed by atoms with Gasteiger partial charge in [-0.3, -0.25) is 10.1 Å². The highest BCUT2D eigenvalue weighted by molar-refractivity contribution is 6.01. The molecule has 1 fully saturated rings. The lowest BCUT2D eigenvalue weighted by molar-refractivity contribution is 0.0730. The number of benzene rings is 2. The fraction of sp³-hybridized carbons (Fsp3) is 0.250. The number of nitrogens with zero attached hydrogens (tertiary/aromatic N) is 2. The Kier molecular flexibility index (Phi) is 7.97. The number of hydrogen-bond donors (Lipinski definition) is 3. The Labute approximate surface area is 219 Å². The fourth-order valence-corrected chi connectivity index (χ4v) is 4.08. The molecular formula is C28H26FN5O4. The van der Waals surface area contributed by atoms with Crippen LogP contribution in [0.25, 0.3) is 0 Å². The number of carbonyl (C=O) groups excluding carboxylic acids is 3. The molecule has 3 aromatic rings. The molecule has 2 amide bonds. The Morgan fingerprint density at radius 2 is 1.97 bits per heavy atom. The van der Waals surface area contributed by atoms with Crippen LogP contribution in [0.1, 0.15) is 64.4 Å². The molecule has 1 saturated carbocycles. The van der Waals surface area contributed by atoms with Crippen molar-refractivity contribution in [2.75, 3.05) is 17.2 Å². The SMILES string of the molecule is CCNc1cccc(C(=O)Oc2c(C(=O)CC)ccc(F)c2[C@H]2C[C@H]2NC(=O)Nc2ccc(C#N)cn2)c1. The van der Waals surface area contributed by atoms with E-state index in [2.05, 4.69) is 20.9 Å². The van der Waals surface area contributed by atoms with Crippen molar-refractivity contribution in [2.45, 2.75) is 38.6 Å². The van der Waals surface area contributed by atoms with Crippen LogP contribution in [0.4, 0.5) is 20.7 Å². The topological polar surface area (TPSA) is 133 Å². The molecule has 4 rings (SSSR count). The highest BCUT2D eigenvalue weighted by Gasteiger charge is 2.44. The third kappa shape index (κ3) is 5.95. The minimum absolute atomic E-state index is 0.0716. The second-order valence-electron chi connectivity index (χ2n) is 8.71. The summed E-state index contributed by atoms with van der Waals surface area (Å²) in [6, 6.07) is 13.1. The van der Waals surface area contributed by atoms with Crippen LogP contribution in [0.5, 0.6) is 5.75 Å². The average Bonchev–Trinajstić information content (AvgIpc) is 3.67. The zero-order valence-corrected chi connectivity index (χ0v) is 20.9. The number of amides is 2. The predicted octanol–water partition coefficient (Wildman–Crippen LogP) is 5.01. The molecule has 0 aliphatic heterocycles. The summed E-state index contributed by atoms with van der Waals surface area (Å²) in [7, 11) is 0. The lowest BCUT2D eigenvalue weighted by atomic mass is 9.99. The monoisotopic (exact) mass is 515 g/mol. The van der Waals surface area contributed by atoms with Gasteiger partial charge in [0.15, 0.2) is 5.78 Å². The van der Waals surface area contributed by atoms with Gasteiger partial charge in [0.05, 0.1) is 16.7 Å².